The van der Waals surface area contributed by atoms with E-state index in [0.717, 1.165) is 11.1 Å². The smallest absolute Gasteiger partial charge is 0.437 e. The first-order valence-electron chi connectivity index (χ1n) is 7.44. The van der Waals surface area contributed by atoms with E-state index in [1.807, 2.05) is 6.92 Å². The quantitative estimate of drug-likeness (QED) is 0.365. The molecule has 1 unspecified atom stereocenters. The van der Waals surface area contributed by atoms with E-state index in [4.69, 9.17) is 4.74 Å². The van der Waals surface area contributed by atoms with Crippen molar-refractivity contribution in [3.8, 4) is 0 Å². The molecule has 1 amide bonds. The summed E-state index contributed by atoms with van der Waals surface area (Å²) in [4.78, 5) is 30.1. The highest BCUT2D eigenvalue weighted by Crippen LogP contribution is 2.30. The lowest BCUT2D eigenvalue weighted by Crippen LogP contribution is -2.36. The molecule has 0 aliphatic carbocycles. The lowest BCUT2D eigenvalue weighted by atomic mass is 10.0. The van der Waals surface area contributed by atoms with Gasteiger partial charge in [0, 0.05) is 34.3 Å². The van der Waals surface area contributed by atoms with Crippen LogP contribution in [0.4, 0.5) is 10.5 Å². The summed E-state index contributed by atoms with van der Waals surface area (Å²) in [7, 11) is 7.01. The van der Waals surface area contributed by atoms with E-state index >= 15 is 0 Å². The molecule has 0 bridgehead atoms. The molecule has 132 valence electrons. The Balaban J connectivity index is 3.10. The molecule has 0 spiro atoms. The third kappa shape index (κ3) is 4.68. The SMILES string of the molecule is Cc1cc(C(C)OC(=O)N=C(N(C)C)N(C)C)c([N+](=O)[O-])cc1C. The third-order valence-electron chi connectivity index (χ3n) is 3.55. The summed E-state index contributed by atoms with van der Waals surface area (Å²) in [6.07, 6.45) is -1.58. The van der Waals surface area contributed by atoms with E-state index in [1.165, 1.54) is 6.07 Å². The molecule has 1 aromatic rings. The summed E-state index contributed by atoms with van der Waals surface area (Å²) in [5, 5.41) is 11.3. The molecule has 0 fully saturated rings. The molecule has 0 aliphatic heterocycles. The Hall–Kier alpha value is -2.64. The van der Waals surface area contributed by atoms with Crippen LogP contribution in [-0.4, -0.2) is 55.0 Å². The molecule has 1 atom stereocenters. The van der Waals surface area contributed by atoms with E-state index < -0.39 is 17.1 Å². The van der Waals surface area contributed by atoms with Gasteiger partial charge in [-0.2, -0.15) is 0 Å². The highest BCUT2D eigenvalue weighted by molar-refractivity contribution is 5.89. The first-order chi connectivity index (χ1) is 11.0. The van der Waals surface area contributed by atoms with Gasteiger partial charge in [-0.1, -0.05) is 0 Å². The second-order valence-electron chi connectivity index (χ2n) is 5.98. The summed E-state index contributed by atoms with van der Waals surface area (Å²) >= 11 is 0. The zero-order valence-corrected chi connectivity index (χ0v) is 15.2. The molecule has 0 saturated carbocycles. The summed E-state index contributed by atoms with van der Waals surface area (Å²) in [5.74, 6) is 0.418. The number of carbonyl (C=O) groups excluding carboxylic acids is 1. The van der Waals surface area contributed by atoms with Crippen molar-refractivity contribution in [1.29, 1.82) is 0 Å². The van der Waals surface area contributed by atoms with Crippen LogP contribution in [0, 0.1) is 24.0 Å². The third-order valence-corrected chi connectivity index (χ3v) is 3.55. The Morgan fingerprint density at radius 3 is 2.12 bits per heavy atom. The van der Waals surface area contributed by atoms with E-state index in [0.29, 0.717) is 11.5 Å². The molecule has 0 N–H and O–H groups in total. The second-order valence-corrected chi connectivity index (χ2v) is 5.98. The maximum absolute atomic E-state index is 12.0. The standard InChI is InChI=1S/C16H24N4O4/c1-10-8-13(14(20(22)23)9-11(10)2)12(3)24-16(21)17-15(18(4)5)19(6)7/h8-9,12H,1-7H3. The molecule has 0 saturated heterocycles. The average molecular weight is 336 g/mol. The number of hydrogen-bond acceptors (Lipinski definition) is 4. The Kier molecular flexibility index (Phi) is 6.27. The zero-order valence-electron chi connectivity index (χ0n) is 15.2. The fraction of sp³-hybridized carbons (Fsp3) is 0.500. The van der Waals surface area contributed by atoms with Crippen molar-refractivity contribution in [3.63, 3.8) is 0 Å². The van der Waals surface area contributed by atoms with Crippen molar-refractivity contribution in [2.45, 2.75) is 26.9 Å². The predicted molar refractivity (Wildman–Crippen MR) is 92.3 cm³/mol. The summed E-state index contributed by atoms with van der Waals surface area (Å²) in [6.45, 7) is 5.24. The molecule has 0 aliphatic rings. The number of nitrogens with zero attached hydrogens (tertiary/aromatic N) is 4. The number of nitro groups is 1. The summed E-state index contributed by atoms with van der Waals surface area (Å²) in [6, 6.07) is 3.16. The Morgan fingerprint density at radius 1 is 1.17 bits per heavy atom. The fourth-order valence-corrected chi connectivity index (χ4v) is 2.23. The minimum Gasteiger partial charge on any atom is -0.440 e. The highest BCUT2D eigenvalue weighted by Gasteiger charge is 2.23. The van der Waals surface area contributed by atoms with Gasteiger partial charge >= 0.3 is 6.09 Å². The van der Waals surface area contributed by atoms with E-state index in [-0.39, 0.29) is 5.69 Å². The van der Waals surface area contributed by atoms with Crippen molar-refractivity contribution in [2.24, 2.45) is 4.99 Å². The van der Waals surface area contributed by atoms with E-state index in [9.17, 15) is 14.9 Å². The highest BCUT2D eigenvalue weighted by atomic mass is 16.6. The number of hydrogen-bond donors (Lipinski definition) is 0. The number of aryl methyl sites for hydroxylation is 2. The van der Waals surface area contributed by atoms with Crippen LogP contribution in [0.2, 0.25) is 0 Å². The van der Waals surface area contributed by atoms with Gasteiger partial charge in [0.05, 0.1) is 10.5 Å². The molecular weight excluding hydrogens is 312 g/mol. The van der Waals surface area contributed by atoms with E-state index in [1.54, 1.807) is 57.9 Å². The lowest BCUT2D eigenvalue weighted by Gasteiger charge is -2.22. The van der Waals surface area contributed by atoms with Crippen LogP contribution >= 0.6 is 0 Å². The molecule has 1 aromatic carbocycles. The first-order valence-corrected chi connectivity index (χ1v) is 7.44. The van der Waals surface area contributed by atoms with Crippen LogP contribution in [-0.2, 0) is 4.74 Å². The van der Waals surface area contributed by atoms with Gasteiger partial charge in [-0.3, -0.25) is 10.1 Å². The van der Waals surface area contributed by atoms with Gasteiger partial charge in [-0.15, -0.1) is 4.99 Å². The predicted octanol–water partition coefficient (Wildman–Crippen LogP) is 2.89. The molecular formula is C16H24N4O4. The van der Waals surface area contributed by atoms with E-state index in [2.05, 4.69) is 4.99 Å². The van der Waals surface area contributed by atoms with Gasteiger partial charge in [0.15, 0.2) is 0 Å². The maximum Gasteiger partial charge on any atom is 0.437 e. The summed E-state index contributed by atoms with van der Waals surface area (Å²) in [5.41, 5.74) is 1.99. The number of amides is 1. The topological polar surface area (TPSA) is 88.3 Å². The van der Waals surface area contributed by atoms with Gasteiger partial charge in [0.1, 0.15) is 6.10 Å². The van der Waals surface area contributed by atoms with Crippen LogP contribution in [0.3, 0.4) is 0 Å². The number of guanidine groups is 1. The number of nitro benzene ring substituents is 1. The normalized spacial score (nSPS) is 11.5. The number of ether oxygens (including phenoxy) is 1. The molecule has 0 aromatic heterocycles. The fourth-order valence-electron chi connectivity index (χ4n) is 2.23. The van der Waals surface area contributed by atoms with Crippen molar-refractivity contribution in [1.82, 2.24) is 9.80 Å². The van der Waals surface area contributed by atoms with Gasteiger partial charge in [-0.25, -0.2) is 4.79 Å². The van der Waals surface area contributed by atoms with Crippen LogP contribution in [0.25, 0.3) is 0 Å². The Bertz CT molecular complexity index is 658. The van der Waals surface area contributed by atoms with Crippen LogP contribution in [0.1, 0.15) is 29.7 Å². The molecule has 8 nitrogen and oxygen atoms in total. The zero-order chi connectivity index (χ0) is 18.6. The molecule has 0 radical (unpaired) electrons. The molecule has 1 rings (SSSR count). The van der Waals surface area contributed by atoms with Crippen LogP contribution in [0.5, 0.6) is 0 Å². The minimum absolute atomic E-state index is 0.0668. The number of benzene rings is 1. The first kappa shape index (κ1) is 19.4. The largest absolute Gasteiger partial charge is 0.440 e. The van der Waals surface area contributed by atoms with Gasteiger partial charge in [0.2, 0.25) is 5.96 Å². The van der Waals surface area contributed by atoms with Gasteiger partial charge in [-0.05, 0) is 38.0 Å². The second kappa shape index (κ2) is 7.76. The van der Waals surface area contributed by atoms with Crippen LogP contribution in [0.15, 0.2) is 17.1 Å². The molecule has 24 heavy (non-hydrogen) atoms. The van der Waals surface area contributed by atoms with Gasteiger partial charge < -0.3 is 14.5 Å². The Labute approximate surface area is 141 Å². The minimum atomic E-state index is -0.799. The van der Waals surface area contributed by atoms with Crippen LogP contribution < -0.4 is 0 Å². The average Bonchev–Trinajstić information content (AvgIpc) is 2.46. The number of aliphatic imine (C=N–C) groups is 1. The monoisotopic (exact) mass is 336 g/mol. The molecule has 0 heterocycles. The maximum atomic E-state index is 12.0. The number of carbonyl (C=O) groups is 1. The Morgan fingerprint density at radius 2 is 1.67 bits per heavy atom. The van der Waals surface area contributed by atoms with Crippen molar-refractivity contribution in [3.05, 3.63) is 38.9 Å². The lowest BCUT2D eigenvalue weighted by molar-refractivity contribution is -0.386. The van der Waals surface area contributed by atoms with Crippen molar-refractivity contribution in [2.75, 3.05) is 28.2 Å². The number of rotatable bonds is 3. The van der Waals surface area contributed by atoms with Crippen molar-refractivity contribution >= 4 is 17.7 Å². The van der Waals surface area contributed by atoms with Crippen molar-refractivity contribution < 1.29 is 14.5 Å². The van der Waals surface area contributed by atoms with Gasteiger partial charge in [0.25, 0.3) is 5.69 Å². The summed E-state index contributed by atoms with van der Waals surface area (Å²) < 4.78 is 5.27. The molecule has 8 heteroatoms.